The Labute approximate surface area is 135 Å². The molecule has 120 valence electrons. The molecule has 0 bridgehead atoms. The fraction of sp³-hybridized carbons (Fsp3) is 0.263. The van der Waals surface area contributed by atoms with Gasteiger partial charge < -0.3 is 9.84 Å². The van der Waals surface area contributed by atoms with Gasteiger partial charge in [0.15, 0.2) is 0 Å². The maximum atomic E-state index is 12.0. The number of ether oxygens (including phenoxy) is 1. The molecule has 0 saturated heterocycles. The average molecular weight is 312 g/mol. The highest BCUT2D eigenvalue weighted by Crippen LogP contribution is 2.12. The zero-order valence-corrected chi connectivity index (χ0v) is 13.1. The summed E-state index contributed by atoms with van der Waals surface area (Å²) in [6.07, 6.45) is 1.86. The van der Waals surface area contributed by atoms with Crippen LogP contribution in [0.2, 0.25) is 0 Å². The highest BCUT2D eigenvalue weighted by molar-refractivity contribution is 5.94. The standard InChI is InChI=1S/C19H20O4/c1-14(10-11-15-6-3-2-4-7-15)13-23-19(22)17-9-5-8-16(12-17)18(20)21/h2-9,12,14H,10-11,13H2,1H3,(H,20,21). The van der Waals surface area contributed by atoms with E-state index in [0.29, 0.717) is 6.61 Å². The van der Waals surface area contributed by atoms with E-state index < -0.39 is 11.9 Å². The van der Waals surface area contributed by atoms with Crippen molar-refractivity contribution in [3.05, 3.63) is 71.3 Å². The van der Waals surface area contributed by atoms with Crippen LogP contribution in [0.4, 0.5) is 0 Å². The van der Waals surface area contributed by atoms with E-state index in [1.165, 1.54) is 17.7 Å². The third-order valence-corrected chi connectivity index (χ3v) is 3.61. The zero-order chi connectivity index (χ0) is 16.7. The van der Waals surface area contributed by atoms with E-state index in [-0.39, 0.29) is 17.0 Å². The minimum Gasteiger partial charge on any atom is -0.478 e. The van der Waals surface area contributed by atoms with Gasteiger partial charge in [-0.2, -0.15) is 0 Å². The first kappa shape index (κ1) is 16.7. The van der Waals surface area contributed by atoms with Crippen LogP contribution in [0.3, 0.4) is 0 Å². The molecular weight excluding hydrogens is 292 g/mol. The molecule has 23 heavy (non-hydrogen) atoms. The number of carboxylic acid groups (broad SMARTS) is 1. The van der Waals surface area contributed by atoms with Crippen molar-refractivity contribution in [1.29, 1.82) is 0 Å². The Bertz CT molecular complexity index is 664. The molecule has 2 rings (SSSR count). The average Bonchev–Trinajstić information content (AvgIpc) is 2.58. The first-order valence-electron chi connectivity index (χ1n) is 7.60. The van der Waals surface area contributed by atoms with Gasteiger partial charge in [-0.1, -0.05) is 43.3 Å². The second-order valence-corrected chi connectivity index (χ2v) is 5.61. The lowest BCUT2D eigenvalue weighted by Gasteiger charge is -2.12. The molecule has 0 spiro atoms. The predicted molar refractivity (Wildman–Crippen MR) is 87.6 cm³/mol. The fourth-order valence-electron chi connectivity index (χ4n) is 2.22. The lowest BCUT2D eigenvalue weighted by molar-refractivity contribution is 0.0444. The van der Waals surface area contributed by atoms with Crippen LogP contribution in [0, 0.1) is 5.92 Å². The smallest absolute Gasteiger partial charge is 0.338 e. The number of rotatable bonds is 7. The maximum absolute atomic E-state index is 12.0. The molecule has 0 heterocycles. The number of aromatic carboxylic acids is 1. The van der Waals surface area contributed by atoms with Crippen LogP contribution in [0.15, 0.2) is 54.6 Å². The first-order chi connectivity index (χ1) is 11.1. The summed E-state index contributed by atoms with van der Waals surface area (Å²) in [6.45, 7) is 2.35. The van der Waals surface area contributed by atoms with Gasteiger partial charge in [-0.3, -0.25) is 0 Å². The summed E-state index contributed by atoms with van der Waals surface area (Å²) in [7, 11) is 0. The van der Waals surface area contributed by atoms with E-state index in [4.69, 9.17) is 9.84 Å². The van der Waals surface area contributed by atoms with Crippen molar-refractivity contribution < 1.29 is 19.4 Å². The molecule has 4 heteroatoms. The van der Waals surface area contributed by atoms with Gasteiger partial charge in [-0.15, -0.1) is 0 Å². The Kier molecular flexibility index (Phi) is 5.92. The second-order valence-electron chi connectivity index (χ2n) is 5.61. The van der Waals surface area contributed by atoms with Crippen LogP contribution in [0.5, 0.6) is 0 Å². The number of carbonyl (C=O) groups is 2. The number of carbonyl (C=O) groups excluding carboxylic acids is 1. The normalized spacial score (nSPS) is 11.7. The van der Waals surface area contributed by atoms with E-state index in [1.54, 1.807) is 12.1 Å². The third kappa shape index (κ3) is 5.25. The molecule has 0 aliphatic rings. The molecule has 2 aromatic carbocycles. The lowest BCUT2D eigenvalue weighted by Crippen LogP contribution is -2.13. The van der Waals surface area contributed by atoms with Gasteiger partial charge in [0.05, 0.1) is 17.7 Å². The Morgan fingerprint density at radius 1 is 1.04 bits per heavy atom. The Morgan fingerprint density at radius 3 is 2.43 bits per heavy atom. The van der Waals surface area contributed by atoms with Crippen molar-refractivity contribution in [2.24, 2.45) is 5.92 Å². The van der Waals surface area contributed by atoms with Crippen molar-refractivity contribution in [3.63, 3.8) is 0 Å². The third-order valence-electron chi connectivity index (χ3n) is 3.61. The van der Waals surface area contributed by atoms with Gasteiger partial charge in [-0.25, -0.2) is 9.59 Å². The number of aryl methyl sites for hydroxylation is 1. The Balaban J connectivity index is 1.81. The van der Waals surface area contributed by atoms with E-state index >= 15 is 0 Å². The van der Waals surface area contributed by atoms with Gasteiger partial charge in [0.1, 0.15) is 0 Å². The molecule has 0 aliphatic carbocycles. The van der Waals surface area contributed by atoms with Crippen LogP contribution in [0.1, 0.15) is 39.6 Å². The van der Waals surface area contributed by atoms with Crippen LogP contribution >= 0.6 is 0 Å². The van der Waals surface area contributed by atoms with Crippen LogP contribution in [-0.2, 0) is 11.2 Å². The van der Waals surface area contributed by atoms with Crippen LogP contribution < -0.4 is 0 Å². The number of hydrogen-bond acceptors (Lipinski definition) is 3. The number of esters is 1. The Morgan fingerprint density at radius 2 is 1.74 bits per heavy atom. The molecule has 0 aromatic heterocycles. The molecule has 1 unspecified atom stereocenters. The highest BCUT2D eigenvalue weighted by atomic mass is 16.5. The van der Waals surface area contributed by atoms with E-state index in [2.05, 4.69) is 12.1 Å². The molecule has 1 atom stereocenters. The van der Waals surface area contributed by atoms with Gasteiger partial charge in [0.2, 0.25) is 0 Å². The molecular formula is C19H20O4. The topological polar surface area (TPSA) is 63.6 Å². The van der Waals surface area contributed by atoms with Crippen molar-refractivity contribution >= 4 is 11.9 Å². The van der Waals surface area contributed by atoms with Crippen molar-refractivity contribution in [3.8, 4) is 0 Å². The van der Waals surface area contributed by atoms with E-state index in [9.17, 15) is 9.59 Å². The Hall–Kier alpha value is -2.62. The largest absolute Gasteiger partial charge is 0.478 e. The van der Waals surface area contributed by atoms with Crippen molar-refractivity contribution in [2.45, 2.75) is 19.8 Å². The van der Waals surface area contributed by atoms with E-state index in [1.807, 2.05) is 25.1 Å². The molecule has 0 aliphatic heterocycles. The van der Waals surface area contributed by atoms with Crippen molar-refractivity contribution in [2.75, 3.05) is 6.61 Å². The molecule has 0 saturated carbocycles. The summed E-state index contributed by atoms with van der Waals surface area (Å²) in [6, 6.07) is 16.0. The van der Waals surface area contributed by atoms with Gasteiger partial charge in [0.25, 0.3) is 0 Å². The van der Waals surface area contributed by atoms with Gasteiger partial charge >= 0.3 is 11.9 Å². The minimum absolute atomic E-state index is 0.0802. The number of carboxylic acids is 1. The number of hydrogen-bond donors (Lipinski definition) is 1. The molecule has 0 amide bonds. The predicted octanol–water partition coefficient (Wildman–Crippen LogP) is 3.81. The molecule has 0 fully saturated rings. The fourth-order valence-corrected chi connectivity index (χ4v) is 2.22. The zero-order valence-electron chi connectivity index (χ0n) is 13.1. The van der Waals surface area contributed by atoms with E-state index in [0.717, 1.165) is 12.8 Å². The monoisotopic (exact) mass is 312 g/mol. The van der Waals surface area contributed by atoms with Crippen molar-refractivity contribution in [1.82, 2.24) is 0 Å². The first-order valence-corrected chi connectivity index (χ1v) is 7.60. The summed E-state index contributed by atoms with van der Waals surface area (Å²) in [5.41, 5.74) is 1.61. The minimum atomic E-state index is -1.06. The highest BCUT2D eigenvalue weighted by Gasteiger charge is 2.12. The summed E-state index contributed by atoms with van der Waals surface area (Å²) < 4.78 is 5.28. The number of benzene rings is 2. The molecule has 4 nitrogen and oxygen atoms in total. The molecule has 0 radical (unpaired) electrons. The second kappa shape index (κ2) is 8.13. The molecule has 2 aromatic rings. The van der Waals surface area contributed by atoms with Crippen LogP contribution in [-0.4, -0.2) is 23.7 Å². The quantitative estimate of drug-likeness (QED) is 0.790. The van der Waals surface area contributed by atoms with Gasteiger partial charge in [0, 0.05) is 0 Å². The van der Waals surface area contributed by atoms with Gasteiger partial charge in [-0.05, 0) is 42.5 Å². The SMILES string of the molecule is CC(CCc1ccccc1)COC(=O)c1cccc(C(=O)O)c1. The summed E-state index contributed by atoms with van der Waals surface area (Å²) in [5.74, 6) is -1.31. The van der Waals surface area contributed by atoms with Crippen LogP contribution in [0.25, 0.3) is 0 Å². The maximum Gasteiger partial charge on any atom is 0.338 e. The summed E-state index contributed by atoms with van der Waals surface area (Å²) in [4.78, 5) is 22.9. The summed E-state index contributed by atoms with van der Waals surface area (Å²) >= 11 is 0. The summed E-state index contributed by atoms with van der Waals surface area (Å²) in [5, 5.41) is 8.94. The lowest BCUT2D eigenvalue weighted by atomic mass is 10.0. The molecule has 1 N–H and O–H groups in total.